The maximum atomic E-state index is 12.2. The topological polar surface area (TPSA) is 54.4 Å². The smallest absolute Gasteiger partial charge is 0.303 e. The number of aryl methyl sites for hydroxylation is 1. The number of aliphatic carboxylic acids is 1. The molecule has 0 saturated heterocycles. The molecule has 3 nitrogen and oxygen atoms in total. The number of hydrogen-bond acceptors (Lipinski definition) is 2. The van der Waals surface area contributed by atoms with Gasteiger partial charge in [0.25, 0.3) is 0 Å². The molecule has 2 rings (SSSR count). The van der Waals surface area contributed by atoms with Gasteiger partial charge in [-0.1, -0.05) is 69.0 Å². The molecule has 0 radical (unpaired) electrons. The lowest BCUT2D eigenvalue weighted by Gasteiger charge is -2.14. The van der Waals surface area contributed by atoms with Crippen LogP contribution in [0.25, 0.3) is 6.08 Å². The highest BCUT2D eigenvalue weighted by Crippen LogP contribution is 2.34. The second-order valence-corrected chi connectivity index (χ2v) is 7.47. The molecule has 0 aliphatic heterocycles. The first-order chi connectivity index (χ1) is 12.6. The quantitative estimate of drug-likeness (QED) is 0.519. The van der Waals surface area contributed by atoms with Gasteiger partial charge in [-0.25, -0.2) is 0 Å². The standard InChI is InChI=1S/C23H32O3/c1-2-7-18-10-12-19(13-11-18)14-15-20-16-17-22(24)21(20)8-5-3-4-6-9-23(25)26/h10-15,20-21H,2-9,16-17H2,1H3,(H,25,26)/t20-,21+/m0/s1. The summed E-state index contributed by atoms with van der Waals surface area (Å²) in [5.74, 6) is 0.203. The summed E-state index contributed by atoms with van der Waals surface area (Å²) in [5.41, 5.74) is 2.58. The molecule has 26 heavy (non-hydrogen) atoms. The van der Waals surface area contributed by atoms with E-state index in [4.69, 9.17) is 5.11 Å². The van der Waals surface area contributed by atoms with Crippen LogP contribution >= 0.6 is 0 Å². The van der Waals surface area contributed by atoms with E-state index < -0.39 is 5.97 Å². The number of benzene rings is 1. The molecule has 0 aromatic heterocycles. The summed E-state index contributed by atoms with van der Waals surface area (Å²) < 4.78 is 0. The Morgan fingerprint density at radius 1 is 1.15 bits per heavy atom. The van der Waals surface area contributed by atoms with E-state index in [9.17, 15) is 9.59 Å². The van der Waals surface area contributed by atoms with E-state index in [-0.39, 0.29) is 12.3 Å². The van der Waals surface area contributed by atoms with Gasteiger partial charge in [0.05, 0.1) is 0 Å². The molecular formula is C23H32O3. The minimum Gasteiger partial charge on any atom is -0.481 e. The molecule has 142 valence electrons. The lowest BCUT2D eigenvalue weighted by Crippen LogP contribution is -2.13. The van der Waals surface area contributed by atoms with Gasteiger partial charge < -0.3 is 5.11 Å². The van der Waals surface area contributed by atoms with Gasteiger partial charge in [0, 0.05) is 18.8 Å². The number of Topliss-reactive ketones (excluding diaryl/α,β-unsaturated/α-hetero) is 1. The number of carboxylic acid groups (broad SMARTS) is 1. The Hall–Kier alpha value is -1.90. The zero-order chi connectivity index (χ0) is 18.8. The third kappa shape index (κ3) is 6.78. The Morgan fingerprint density at radius 2 is 1.88 bits per heavy atom. The molecule has 0 amide bonds. The average Bonchev–Trinajstić information content (AvgIpc) is 2.97. The summed E-state index contributed by atoms with van der Waals surface area (Å²) in [5, 5.41) is 8.65. The molecule has 1 saturated carbocycles. The number of carbonyl (C=O) groups is 2. The van der Waals surface area contributed by atoms with Crippen molar-refractivity contribution in [3.63, 3.8) is 0 Å². The number of carboxylic acids is 1. The Balaban J connectivity index is 1.79. The largest absolute Gasteiger partial charge is 0.481 e. The third-order valence-electron chi connectivity index (χ3n) is 5.36. The number of allylic oxidation sites excluding steroid dienone is 1. The maximum Gasteiger partial charge on any atom is 0.303 e. The van der Waals surface area contributed by atoms with E-state index in [1.165, 1.54) is 11.1 Å². The molecule has 0 heterocycles. The molecule has 0 bridgehead atoms. The van der Waals surface area contributed by atoms with E-state index in [0.717, 1.165) is 51.4 Å². The maximum absolute atomic E-state index is 12.2. The van der Waals surface area contributed by atoms with Crippen LogP contribution in [0.4, 0.5) is 0 Å². The molecule has 1 aliphatic carbocycles. The highest BCUT2D eigenvalue weighted by molar-refractivity contribution is 5.84. The van der Waals surface area contributed by atoms with Crippen molar-refractivity contribution in [2.75, 3.05) is 0 Å². The first kappa shape index (κ1) is 20.4. The summed E-state index contributed by atoms with van der Waals surface area (Å²) in [6.45, 7) is 2.19. The Morgan fingerprint density at radius 3 is 2.58 bits per heavy atom. The molecule has 1 fully saturated rings. The molecular weight excluding hydrogens is 324 g/mol. The van der Waals surface area contributed by atoms with Crippen LogP contribution in [-0.4, -0.2) is 16.9 Å². The Bertz CT molecular complexity index is 600. The number of ketones is 1. The van der Waals surface area contributed by atoms with E-state index in [1.54, 1.807) is 0 Å². The van der Waals surface area contributed by atoms with Crippen molar-refractivity contribution in [1.29, 1.82) is 0 Å². The summed E-state index contributed by atoms with van der Waals surface area (Å²) in [6, 6.07) is 8.71. The van der Waals surface area contributed by atoms with Crippen molar-refractivity contribution in [2.24, 2.45) is 11.8 Å². The van der Waals surface area contributed by atoms with Crippen LogP contribution in [0.5, 0.6) is 0 Å². The fourth-order valence-electron chi connectivity index (χ4n) is 3.85. The van der Waals surface area contributed by atoms with Crippen molar-refractivity contribution in [3.05, 3.63) is 41.5 Å². The van der Waals surface area contributed by atoms with Crippen molar-refractivity contribution in [3.8, 4) is 0 Å². The second-order valence-electron chi connectivity index (χ2n) is 7.47. The molecule has 3 heteroatoms. The predicted octanol–water partition coefficient (Wildman–Crippen LogP) is 5.67. The molecule has 1 aromatic rings. The number of carbonyl (C=O) groups excluding carboxylic acids is 1. The number of rotatable bonds is 11. The van der Waals surface area contributed by atoms with Crippen LogP contribution in [0.15, 0.2) is 30.3 Å². The van der Waals surface area contributed by atoms with Gasteiger partial charge in [-0.3, -0.25) is 9.59 Å². The van der Waals surface area contributed by atoms with E-state index >= 15 is 0 Å². The Kier molecular flexibility index (Phi) is 8.60. The minimum atomic E-state index is -0.719. The molecule has 2 atom stereocenters. The lowest BCUT2D eigenvalue weighted by atomic mass is 9.89. The van der Waals surface area contributed by atoms with Gasteiger partial charge in [0.15, 0.2) is 0 Å². The number of hydrogen-bond donors (Lipinski definition) is 1. The predicted molar refractivity (Wildman–Crippen MR) is 106 cm³/mol. The van der Waals surface area contributed by atoms with E-state index in [1.807, 2.05) is 0 Å². The number of unbranched alkanes of at least 4 members (excludes halogenated alkanes) is 3. The SMILES string of the molecule is CCCc1ccc(C=C[C@H]2CCC(=O)[C@@H]2CCCCCCC(=O)O)cc1. The van der Waals surface area contributed by atoms with Crippen LogP contribution in [0, 0.1) is 11.8 Å². The van der Waals surface area contributed by atoms with Gasteiger partial charge in [0.2, 0.25) is 0 Å². The minimum absolute atomic E-state index is 0.157. The van der Waals surface area contributed by atoms with Gasteiger partial charge >= 0.3 is 5.97 Å². The van der Waals surface area contributed by atoms with Crippen LogP contribution in [0.3, 0.4) is 0 Å². The summed E-state index contributed by atoms with van der Waals surface area (Å²) in [7, 11) is 0. The van der Waals surface area contributed by atoms with Crippen LogP contribution in [0.1, 0.15) is 75.8 Å². The van der Waals surface area contributed by atoms with Crippen molar-refractivity contribution >= 4 is 17.8 Å². The Labute approximate surface area is 157 Å². The summed E-state index contributed by atoms with van der Waals surface area (Å²) in [4.78, 5) is 22.7. The fraction of sp³-hybridized carbons (Fsp3) is 0.565. The van der Waals surface area contributed by atoms with Crippen LogP contribution in [0.2, 0.25) is 0 Å². The van der Waals surface area contributed by atoms with Crippen molar-refractivity contribution < 1.29 is 14.7 Å². The van der Waals surface area contributed by atoms with Gasteiger partial charge in [-0.05, 0) is 42.7 Å². The molecule has 0 spiro atoms. The van der Waals surface area contributed by atoms with Crippen molar-refractivity contribution in [1.82, 2.24) is 0 Å². The highest BCUT2D eigenvalue weighted by atomic mass is 16.4. The molecule has 1 aliphatic rings. The summed E-state index contributed by atoms with van der Waals surface area (Å²) in [6.07, 6.45) is 13.3. The van der Waals surface area contributed by atoms with Gasteiger partial charge in [0.1, 0.15) is 5.78 Å². The highest BCUT2D eigenvalue weighted by Gasteiger charge is 2.32. The normalized spacial score (nSPS) is 20.1. The van der Waals surface area contributed by atoms with Crippen molar-refractivity contribution in [2.45, 2.75) is 71.1 Å². The van der Waals surface area contributed by atoms with E-state index in [0.29, 0.717) is 18.1 Å². The third-order valence-corrected chi connectivity index (χ3v) is 5.36. The zero-order valence-electron chi connectivity index (χ0n) is 16.0. The first-order valence-corrected chi connectivity index (χ1v) is 10.1. The first-order valence-electron chi connectivity index (χ1n) is 10.1. The molecule has 1 N–H and O–H groups in total. The summed E-state index contributed by atoms with van der Waals surface area (Å²) >= 11 is 0. The van der Waals surface area contributed by atoms with Gasteiger partial charge in [-0.2, -0.15) is 0 Å². The lowest BCUT2D eigenvalue weighted by molar-refractivity contribution is -0.137. The molecule has 0 unspecified atom stereocenters. The monoisotopic (exact) mass is 356 g/mol. The fourth-order valence-corrected chi connectivity index (χ4v) is 3.85. The zero-order valence-corrected chi connectivity index (χ0v) is 16.0. The van der Waals surface area contributed by atoms with E-state index in [2.05, 4.69) is 43.3 Å². The van der Waals surface area contributed by atoms with Gasteiger partial charge in [-0.15, -0.1) is 0 Å². The second kappa shape index (κ2) is 10.9. The van der Waals surface area contributed by atoms with Crippen LogP contribution in [-0.2, 0) is 16.0 Å². The average molecular weight is 357 g/mol. The van der Waals surface area contributed by atoms with Crippen LogP contribution < -0.4 is 0 Å². The molecule has 1 aromatic carbocycles.